The SMILES string of the molecule is CNC(=O)c1ccc(CN(C)C(=O)c2ccc(S(=O)(=O)Nc3ccccc3)cc2)cc1. The van der Waals surface area contributed by atoms with E-state index in [9.17, 15) is 18.0 Å². The summed E-state index contributed by atoms with van der Waals surface area (Å²) in [6.45, 7) is 0.350. The first-order chi connectivity index (χ1) is 14.8. The molecule has 3 aromatic carbocycles. The number of amides is 2. The molecule has 0 aliphatic rings. The molecule has 0 aliphatic heterocycles. The van der Waals surface area contributed by atoms with Crippen molar-refractivity contribution in [3.8, 4) is 0 Å². The van der Waals surface area contributed by atoms with Crippen LogP contribution in [0.15, 0.2) is 83.8 Å². The summed E-state index contributed by atoms with van der Waals surface area (Å²) < 4.78 is 27.5. The van der Waals surface area contributed by atoms with Crippen LogP contribution in [0, 0.1) is 0 Å². The van der Waals surface area contributed by atoms with Crippen molar-refractivity contribution in [2.45, 2.75) is 11.4 Å². The summed E-state index contributed by atoms with van der Waals surface area (Å²) in [5, 5.41) is 2.56. The van der Waals surface area contributed by atoms with Crippen molar-refractivity contribution in [1.29, 1.82) is 0 Å². The van der Waals surface area contributed by atoms with E-state index in [1.807, 2.05) is 0 Å². The molecule has 0 spiro atoms. The lowest BCUT2D eigenvalue weighted by Gasteiger charge is -2.18. The largest absolute Gasteiger partial charge is 0.355 e. The fourth-order valence-electron chi connectivity index (χ4n) is 2.97. The molecule has 2 N–H and O–H groups in total. The minimum Gasteiger partial charge on any atom is -0.355 e. The molecule has 3 rings (SSSR count). The Bertz CT molecular complexity index is 1160. The zero-order chi connectivity index (χ0) is 22.4. The van der Waals surface area contributed by atoms with Crippen LogP contribution in [-0.2, 0) is 16.6 Å². The Morgan fingerprint density at radius 1 is 0.839 bits per heavy atom. The van der Waals surface area contributed by atoms with Gasteiger partial charge in [-0.3, -0.25) is 14.3 Å². The number of anilines is 1. The van der Waals surface area contributed by atoms with Gasteiger partial charge in [0.15, 0.2) is 0 Å². The molecule has 0 atom stereocenters. The molecule has 8 heteroatoms. The van der Waals surface area contributed by atoms with Crippen LogP contribution < -0.4 is 10.0 Å². The summed E-state index contributed by atoms with van der Waals surface area (Å²) >= 11 is 0. The van der Waals surface area contributed by atoms with Gasteiger partial charge in [0.2, 0.25) is 0 Å². The van der Waals surface area contributed by atoms with E-state index in [0.29, 0.717) is 23.4 Å². The molecule has 0 bridgehead atoms. The number of nitrogens with zero attached hydrogens (tertiary/aromatic N) is 1. The zero-order valence-electron chi connectivity index (χ0n) is 17.2. The fourth-order valence-corrected chi connectivity index (χ4v) is 4.03. The van der Waals surface area contributed by atoms with Crippen molar-refractivity contribution in [1.82, 2.24) is 10.2 Å². The third-order valence-electron chi connectivity index (χ3n) is 4.65. The number of para-hydroxylation sites is 1. The molecule has 0 heterocycles. The lowest BCUT2D eigenvalue weighted by atomic mass is 10.1. The molecule has 0 fully saturated rings. The highest BCUT2D eigenvalue weighted by Gasteiger charge is 2.17. The Kier molecular flexibility index (Phi) is 6.71. The second-order valence-electron chi connectivity index (χ2n) is 6.93. The molecule has 7 nitrogen and oxygen atoms in total. The van der Waals surface area contributed by atoms with Gasteiger partial charge in [-0.1, -0.05) is 30.3 Å². The molecule has 0 radical (unpaired) electrons. The lowest BCUT2D eigenvalue weighted by molar-refractivity contribution is 0.0784. The van der Waals surface area contributed by atoms with E-state index >= 15 is 0 Å². The normalized spacial score (nSPS) is 10.9. The van der Waals surface area contributed by atoms with Gasteiger partial charge in [0.25, 0.3) is 21.8 Å². The quantitative estimate of drug-likeness (QED) is 0.594. The Labute approximate surface area is 181 Å². The average molecular weight is 438 g/mol. The van der Waals surface area contributed by atoms with Crippen LogP contribution in [0.25, 0.3) is 0 Å². The minimum atomic E-state index is -3.75. The van der Waals surface area contributed by atoms with Crippen LogP contribution in [0.1, 0.15) is 26.3 Å². The van der Waals surface area contributed by atoms with Crippen molar-refractivity contribution in [2.75, 3.05) is 18.8 Å². The van der Waals surface area contributed by atoms with Crippen LogP contribution in [0.2, 0.25) is 0 Å². The highest BCUT2D eigenvalue weighted by Crippen LogP contribution is 2.17. The monoisotopic (exact) mass is 437 g/mol. The van der Waals surface area contributed by atoms with E-state index in [2.05, 4.69) is 10.0 Å². The van der Waals surface area contributed by atoms with Gasteiger partial charge >= 0.3 is 0 Å². The van der Waals surface area contributed by atoms with Crippen LogP contribution in [0.3, 0.4) is 0 Å². The second-order valence-corrected chi connectivity index (χ2v) is 8.62. The molecule has 3 aromatic rings. The number of hydrogen-bond donors (Lipinski definition) is 2. The van der Waals surface area contributed by atoms with Crippen molar-refractivity contribution < 1.29 is 18.0 Å². The van der Waals surface area contributed by atoms with Crippen molar-refractivity contribution in [2.24, 2.45) is 0 Å². The Morgan fingerprint density at radius 2 is 1.42 bits per heavy atom. The molecule has 0 unspecified atom stereocenters. The molecule has 31 heavy (non-hydrogen) atoms. The van der Waals surface area contributed by atoms with Gasteiger partial charge in [0.05, 0.1) is 4.90 Å². The van der Waals surface area contributed by atoms with E-state index in [1.165, 1.54) is 29.2 Å². The first-order valence-corrected chi connectivity index (χ1v) is 11.0. The lowest BCUT2D eigenvalue weighted by Crippen LogP contribution is -2.26. The number of hydrogen-bond acceptors (Lipinski definition) is 4. The van der Waals surface area contributed by atoms with E-state index < -0.39 is 10.0 Å². The number of rotatable bonds is 7. The molecule has 0 aliphatic carbocycles. The topological polar surface area (TPSA) is 95.6 Å². The van der Waals surface area contributed by atoms with E-state index in [1.54, 1.807) is 68.7 Å². The van der Waals surface area contributed by atoms with Gasteiger partial charge in [0.1, 0.15) is 0 Å². The molecular weight excluding hydrogens is 414 g/mol. The third-order valence-corrected chi connectivity index (χ3v) is 6.04. The molecule has 0 saturated carbocycles. The molecule has 160 valence electrons. The fraction of sp³-hybridized carbons (Fsp3) is 0.130. The summed E-state index contributed by atoms with van der Waals surface area (Å²) in [6, 6.07) is 21.4. The van der Waals surface area contributed by atoms with Crippen LogP contribution in [0.5, 0.6) is 0 Å². The summed E-state index contributed by atoms with van der Waals surface area (Å²) in [5.41, 5.74) is 2.25. The highest BCUT2D eigenvalue weighted by molar-refractivity contribution is 7.92. The van der Waals surface area contributed by atoms with Gasteiger partial charge in [-0.05, 0) is 54.1 Å². The summed E-state index contributed by atoms with van der Waals surface area (Å²) in [6.07, 6.45) is 0. The van der Waals surface area contributed by atoms with E-state index in [-0.39, 0.29) is 16.7 Å². The average Bonchev–Trinajstić information content (AvgIpc) is 2.79. The molecular formula is C23H23N3O4S. The van der Waals surface area contributed by atoms with Gasteiger partial charge in [0, 0.05) is 37.5 Å². The van der Waals surface area contributed by atoms with Crippen LogP contribution in [0.4, 0.5) is 5.69 Å². The second kappa shape index (κ2) is 9.44. The van der Waals surface area contributed by atoms with Gasteiger partial charge in [-0.25, -0.2) is 8.42 Å². The predicted molar refractivity (Wildman–Crippen MR) is 119 cm³/mol. The maximum Gasteiger partial charge on any atom is 0.261 e. The van der Waals surface area contributed by atoms with Crippen molar-refractivity contribution in [3.63, 3.8) is 0 Å². The van der Waals surface area contributed by atoms with Gasteiger partial charge < -0.3 is 10.2 Å². The Balaban J connectivity index is 1.67. The molecule has 2 amide bonds. The number of carbonyl (C=O) groups excluding carboxylic acids is 2. The Hall–Kier alpha value is -3.65. The first kappa shape index (κ1) is 22.0. The summed E-state index contributed by atoms with van der Waals surface area (Å²) in [7, 11) is -0.516. The maximum atomic E-state index is 12.7. The summed E-state index contributed by atoms with van der Waals surface area (Å²) in [4.78, 5) is 25.9. The summed E-state index contributed by atoms with van der Waals surface area (Å²) in [5.74, 6) is -0.414. The van der Waals surface area contributed by atoms with Crippen LogP contribution >= 0.6 is 0 Å². The minimum absolute atomic E-state index is 0.0698. The van der Waals surface area contributed by atoms with E-state index in [0.717, 1.165) is 5.56 Å². The number of carbonyl (C=O) groups is 2. The zero-order valence-corrected chi connectivity index (χ0v) is 18.0. The smallest absolute Gasteiger partial charge is 0.261 e. The molecule has 0 saturated heterocycles. The van der Waals surface area contributed by atoms with Crippen molar-refractivity contribution in [3.05, 3.63) is 95.6 Å². The van der Waals surface area contributed by atoms with E-state index in [4.69, 9.17) is 0 Å². The molecule has 0 aromatic heterocycles. The Morgan fingerprint density at radius 3 is 2.00 bits per heavy atom. The van der Waals surface area contributed by atoms with Gasteiger partial charge in [-0.15, -0.1) is 0 Å². The van der Waals surface area contributed by atoms with Gasteiger partial charge in [-0.2, -0.15) is 0 Å². The standard InChI is InChI=1S/C23H23N3O4S/c1-24-22(27)18-10-8-17(9-11-18)16-26(2)23(28)19-12-14-21(15-13-19)31(29,30)25-20-6-4-3-5-7-20/h3-15,25H,16H2,1-2H3,(H,24,27). The van der Waals surface area contributed by atoms with Crippen molar-refractivity contribution >= 4 is 27.5 Å². The number of sulfonamides is 1. The first-order valence-electron chi connectivity index (χ1n) is 9.54. The third kappa shape index (κ3) is 5.49. The number of nitrogens with one attached hydrogen (secondary N) is 2. The highest BCUT2D eigenvalue weighted by atomic mass is 32.2. The maximum absolute atomic E-state index is 12.7. The predicted octanol–water partition coefficient (Wildman–Crippen LogP) is 3.12. The number of benzene rings is 3. The van der Waals surface area contributed by atoms with Crippen LogP contribution in [-0.4, -0.2) is 39.2 Å².